The Labute approximate surface area is 111 Å². The van der Waals surface area contributed by atoms with Crippen molar-refractivity contribution >= 4 is 17.4 Å². The second kappa shape index (κ2) is 5.91. The SMILES string of the molecule is CCCc1nnsc1C(=O)N(CCC#N)C1CC1. The predicted molar refractivity (Wildman–Crippen MR) is 68.2 cm³/mol. The van der Waals surface area contributed by atoms with E-state index in [2.05, 4.69) is 22.6 Å². The van der Waals surface area contributed by atoms with E-state index in [0.29, 0.717) is 23.9 Å². The maximum absolute atomic E-state index is 12.4. The van der Waals surface area contributed by atoms with Crippen LogP contribution in [-0.2, 0) is 6.42 Å². The summed E-state index contributed by atoms with van der Waals surface area (Å²) in [5.74, 6) is 0.00574. The molecule has 0 bridgehead atoms. The van der Waals surface area contributed by atoms with Crippen molar-refractivity contribution in [2.24, 2.45) is 0 Å². The monoisotopic (exact) mass is 264 g/mol. The summed E-state index contributed by atoms with van der Waals surface area (Å²) in [6, 6.07) is 2.42. The first-order valence-corrected chi connectivity index (χ1v) is 7.04. The fourth-order valence-electron chi connectivity index (χ4n) is 1.91. The Kier molecular flexibility index (Phi) is 4.26. The van der Waals surface area contributed by atoms with E-state index in [1.165, 1.54) is 11.5 Å². The van der Waals surface area contributed by atoms with Crippen molar-refractivity contribution in [3.05, 3.63) is 10.6 Å². The van der Waals surface area contributed by atoms with E-state index >= 15 is 0 Å². The molecule has 1 aliphatic rings. The molecule has 0 N–H and O–H groups in total. The molecule has 0 saturated heterocycles. The van der Waals surface area contributed by atoms with Crippen LogP contribution in [0.1, 0.15) is 48.0 Å². The fourth-order valence-corrected chi connectivity index (χ4v) is 2.57. The Morgan fingerprint density at radius 2 is 2.39 bits per heavy atom. The first-order chi connectivity index (χ1) is 8.77. The average molecular weight is 264 g/mol. The molecular formula is C12H16N4OS. The van der Waals surface area contributed by atoms with E-state index in [9.17, 15) is 4.79 Å². The zero-order chi connectivity index (χ0) is 13.0. The van der Waals surface area contributed by atoms with Crippen LogP contribution in [0.25, 0.3) is 0 Å². The average Bonchev–Trinajstić information content (AvgIpc) is 3.09. The van der Waals surface area contributed by atoms with Gasteiger partial charge in [0.2, 0.25) is 0 Å². The molecule has 0 spiro atoms. The Morgan fingerprint density at radius 1 is 1.61 bits per heavy atom. The van der Waals surface area contributed by atoms with Gasteiger partial charge < -0.3 is 4.90 Å². The van der Waals surface area contributed by atoms with Gasteiger partial charge in [0.05, 0.1) is 18.2 Å². The Balaban J connectivity index is 2.12. The van der Waals surface area contributed by atoms with Gasteiger partial charge in [0, 0.05) is 12.6 Å². The number of aromatic nitrogens is 2. The molecule has 1 aliphatic carbocycles. The maximum atomic E-state index is 12.4. The molecule has 0 aromatic carbocycles. The first kappa shape index (κ1) is 13.0. The standard InChI is InChI=1S/C12H16N4OS/c1-2-4-10-11(18-15-14-10)12(17)16(8-3-7-13)9-5-6-9/h9H,2-6,8H2,1H3. The van der Waals surface area contributed by atoms with Crippen LogP contribution in [0.4, 0.5) is 0 Å². The summed E-state index contributed by atoms with van der Waals surface area (Å²) in [6.45, 7) is 2.57. The molecule has 1 aromatic heterocycles. The van der Waals surface area contributed by atoms with Crippen molar-refractivity contribution in [2.75, 3.05) is 6.54 Å². The van der Waals surface area contributed by atoms with Gasteiger partial charge in [-0.25, -0.2) is 0 Å². The lowest BCUT2D eigenvalue weighted by atomic mass is 10.2. The van der Waals surface area contributed by atoms with Crippen LogP contribution in [-0.4, -0.2) is 33.0 Å². The highest BCUT2D eigenvalue weighted by molar-refractivity contribution is 7.08. The number of amides is 1. The van der Waals surface area contributed by atoms with Gasteiger partial charge in [-0.3, -0.25) is 4.79 Å². The van der Waals surface area contributed by atoms with Crippen LogP contribution >= 0.6 is 11.5 Å². The van der Waals surface area contributed by atoms with Crippen molar-refractivity contribution in [1.29, 1.82) is 5.26 Å². The minimum Gasteiger partial charge on any atom is -0.334 e. The molecule has 0 aliphatic heterocycles. The van der Waals surface area contributed by atoms with Gasteiger partial charge in [0.15, 0.2) is 0 Å². The summed E-state index contributed by atoms with van der Waals surface area (Å²) in [5, 5.41) is 12.7. The van der Waals surface area contributed by atoms with E-state index in [4.69, 9.17) is 5.26 Å². The third-order valence-corrected chi connectivity index (χ3v) is 3.71. The normalized spacial score (nSPS) is 14.2. The van der Waals surface area contributed by atoms with Gasteiger partial charge in [-0.05, 0) is 30.8 Å². The number of carbonyl (C=O) groups excluding carboxylic acids is 1. The topological polar surface area (TPSA) is 69.9 Å². The third kappa shape index (κ3) is 2.85. The fraction of sp³-hybridized carbons (Fsp3) is 0.667. The molecule has 1 fully saturated rings. The highest BCUT2D eigenvalue weighted by atomic mass is 32.1. The zero-order valence-electron chi connectivity index (χ0n) is 10.4. The first-order valence-electron chi connectivity index (χ1n) is 6.27. The number of nitriles is 1. The summed E-state index contributed by atoms with van der Waals surface area (Å²) in [6.07, 6.45) is 4.22. The molecule has 96 valence electrons. The van der Waals surface area contributed by atoms with Crippen LogP contribution in [0.5, 0.6) is 0 Å². The van der Waals surface area contributed by atoms with Crippen molar-refractivity contribution in [2.45, 2.75) is 45.1 Å². The summed E-state index contributed by atoms with van der Waals surface area (Å²) in [5.41, 5.74) is 0.801. The van der Waals surface area contributed by atoms with Crippen molar-refractivity contribution in [3.63, 3.8) is 0 Å². The van der Waals surface area contributed by atoms with Crippen LogP contribution in [0.2, 0.25) is 0 Å². The molecule has 2 rings (SSSR count). The molecule has 1 heterocycles. The molecule has 0 radical (unpaired) electrons. The smallest absolute Gasteiger partial charge is 0.267 e. The van der Waals surface area contributed by atoms with Gasteiger partial charge in [0.1, 0.15) is 4.88 Å². The lowest BCUT2D eigenvalue weighted by Gasteiger charge is -2.20. The van der Waals surface area contributed by atoms with Gasteiger partial charge in [-0.2, -0.15) is 5.26 Å². The second-order valence-electron chi connectivity index (χ2n) is 4.44. The highest BCUT2D eigenvalue weighted by Gasteiger charge is 2.34. The van der Waals surface area contributed by atoms with Crippen LogP contribution < -0.4 is 0 Å². The van der Waals surface area contributed by atoms with Gasteiger partial charge in [-0.1, -0.05) is 17.8 Å². The highest BCUT2D eigenvalue weighted by Crippen LogP contribution is 2.29. The number of aryl methyl sites for hydroxylation is 1. The molecule has 18 heavy (non-hydrogen) atoms. The number of hydrogen-bond acceptors (Lipinski definition) is 5. The Morgan fingerprint density at radius 3 is 3.00 bits per heavy atom. The Bertz CT molecular complexity index is 461. The van der Waals surface area contributed by atoms with Gasteiger partial charge in [-0.15, -0.1) is 5.10 Å². The van der Waals surface area contributed by atoms with Crippen molar-refractivity contribution in [3.8, 4) is 6.07 Å². The van der Waals surface area contributed by atoms with Crippen LogP contribution in [0.3, 0.4) is 0 Å². The van der Waals surface area contributed by atoms with Crippen LogP contribution in [0, 0.1) is 11.3 Å². The molecule has 1 aromatic rings. The molecular weight excluding hydrogens is 248 g/mol. The molecule has 0 unspecified atom stereocenters. The van der Waals surface area contributed by atoms with E-state index in [0.717, 1.165) is 31.4 Å². The number of carbonyl (C=O) groups is 1. The largest absolute Gasteiger partial charge is 0.334 e. The molecule has 1 saturated carbocycles. The Hall–Kier alpha value is -1.48. The summed E-state index contributed by atoms with van der Waals surface area (Å²) in [4.78, 5) is 14.9. The molecule has 5 nitrogen and oxygen atoms in total. The number of rotatable bonds is 6. The minimum atomic E-state index is 0.00574. The van der Waals surface area contributed by atoms with Crippen molar-refractivity contribution in [1.82, 2.24) is 14.5 Å². The van der Waals surface area contributed by atoms with E-state index < -0.39 is 0 Å². The maximum Gasteiger partial charge on any atom is 0.267 e. The van der Waals surface area contributed by atoms with Crippen molar-refractivity contribution < 1.29 is 4.79 Å². The number of nitrogens with zero attached hydrogens (tertiary/aromatic N) is 4. The summed E-state index contributed by atoms with van der Waals surface area (Å²) in [7, 11) is 0. The van der Waals surface area contributed by atoms with Gasteiger partial charge >= 0.3 is 0 Å². The molecule has 0 atom stereocenters. The van der Waals surface area contributed by atoms with E-state index in [1.54, 1.807) is 0 Å². The summed E-state index contributed by atoms with van der Waals surface area (Å²) < 4.78 is 3.88. The van der Waals surface area contributed by atoms with Crippen LogP contribution in [0.15, 0.2) is 0 Å². The third-order valence-electron chi connectivity index (χ3n) is 2.95. The predicted octanol–water partition coefficient (Wildman–Crippen LogP) is 2.01. The zero-order valence-corrected chi connectivity index (χ0v) is 11.2. The van der Waals surface area contributed by atoms with E-state index in [1.807, 2.05) is 4.90 Å². The lowest BCUT2D eigenvalue weighted by Crippen LogP contribution is -2.34. The summed E-state index contributed by atoms with van der Waals surface area (Å²) >= 11 is 1.17. The second-order valence-corrected chi connectivity index (χ2v) is 5.19. The van der Waals surface area contributed by atoms with Gasteiger partial charge in [0.25, 0.3) is 5.91 Å². The minimum absolute atomic E-state index is 0.00574. The quantitative estimate of drug-likeness (QED) is 0.788. The molecule has 6 heteroatoms. The van der Waals surface area contributed by atoms with E-state index in [-0.39, 0.29) is 5.91 Å². The lowest BCUT2D eigenvalue weighted by molar-refractivity contribution is 0.0750. The number of hydrogen-bond donors (Lipinski definition) is 0. The molecule has 1 amide bonds.